The third-order valence-corrected chi connectivity index (χ3v) is 5.74. The Hall–Kier alpha value is -1.64. The molecule has 9 heteroatoms. The molecule has 0 N–H and O–H groups in total. The smallest absolute Gasteiger partial charge is 0.369 e. The lowest BCUT2D eigenvalue weighted by molar-refractivity contribution is -0.306. The molecule has 0 radical (unpaired) electrons. The average Bonchev–Trinajstić information content (AvgIpc) is 3.06. The number of carbonyl (C=O) groups is 1. The largest absolute Gasteiger partial charge is 0.417 e. The summed E-state index contributed by atoms with van der Waals surface area (Å²) in [6.07, 6.45) is 0.613. The number of ether oxygens (including phenoxy) is 1. The highest BCUT2D eigenvalue weighted by molar-refractivity contribution is 5.81. The Bertz CT molecular complexity index is 665. The molecule has 1 unspecified atom stereocenters. The summed E-state index contributed by atoms with van der Waals surface area (Å²) in [5.41, 5.74) is -1.43. The second-order valence-electron chi connectivity index (χ2n) is 7.35. The summed E-state index contributed by atoms with van der Waals surface area (Å²) in [5.74, 6) is -0.860. The standard InChI is InChI=1S/C16H21F3N4O2/c1-25-15(16(17,18)19)7-10(8-15)14(24)22-6-2-3-13(22)12-9-23(21-20-12)11-4-5-11/h9-11,13H,2-8H2,1H3. The van der Waals surface area contributed by atoms with E-state index >= 15 is 0 Å². The molecule has 1 aromatic rings. The van der Waals surface area contributed by atoms with Crippen molar-refractivity contribution in [1.29, 1.82) is 0 Å². The van der Waals surface area contributed by atoms with Crippen molar-refractivity contribution < 1.29 is 22.7 Å². The van der Waals surface area contributed by atoms with E-state index < -0.39 is 17.7 Å². The van der Waals surface area contributed by atoms with Crippen molar-refractivity contribution in [3.63, 3.8) is 0 Å². The molecule has 25 heavy (non-hydrogen) atoms. The van der Waals surface area contributed by atoms with Gasteiger partial charge >= 0.3 is 6.18 Å². The van der Waals surface area contributed by atoms with Gasteiger partial charge in [0.2, 0.25) is 5.91 Å². The highest BCUT2D eigenvalue weighted by Crippen LogP contribution is 2.52. The number of methoxy groups -OCH3 is 1. The van der Waals surface area contributed by atoms with Crippen molar-refractivity contribution in [2.24, 2.45) is 5.92 Å². The minimum atomic E-state index is -4.45. The first kappa shape index (κ1) is 16.8. The number of rotatable bonds is 4. The number of nitrogens with zero attached hydrogens (tertiary/aromatic N) is 4. The monoisotopic (exact) mass is 358 g/mol. The fraction of sp³-hybridized carbons (Fsp3) is 0.812. The van der Waals surface area contributed by atoms with Crippen LogP contribution in [0.5, 0.6) is 0 Å². The lowest BCUT2D eigenvalue weighted by Crippen LogP contribution is -2.60. The molecule has 3 aliphatic rings. The van der Waals surface area contributed by atoms with Crippen LogP contribution in [0.4, 0.5) is 13.2 Å². The molecular formula is C16H21F3N4O2. The zero-order valence-corrected chi connectivity index (χ0v) is 14.0. The van der Waals surface area contributed by atoms with E-state index in [4.69, 9.17) is 4.74 Å². The van der Waals surface area contributed by atoms with E-state index in [-0.39, 0.29) is 24.8 Å². The minimum Gasteiger partial charge on any atom is -0.369 e. The molecule has 1 amide bonds. The average molecular weight is 358 g/mol. The van der Waals surface area contributed by atoms with Crippen molar-refractivity contribution in [3.8, 4) is 0 Å². The van der Waals surface area contributed by atoms with Crippen LogP contribution >= 0.6 is 0 Å². The number of amides is 1. The van der Waals surface area contributed by atoms with Crippen LogP contribution in [0.25, 0.3) is 0 Å². The third-order valence-electron chi connectivity index (χ3n) is 5.74. The van der Waals surface area contributed by atoms with Gasteiger partial charge in [0.15, 0.2) is 5.60 Å². The van der Waals surface area contributed by atoms with Gasteiger partial charge in [-0.1, -0.05) is 5.21 Å². The van der Waals surface area contributed by atoms with Gasteiger partial charge in [-0.05, 0) is 38.5 Å². The molecule has 0 spiro atoms. The predicted molar refractivity (Wildman–Crippen MR) is 80.5 cm³/mol. The van der Waals surface area contributed by atoms with Crippen molar-refractivity contribution in [3.05, 3.63) is 11.9 Å². The molecule has 1 aromatic heterocycles. The quantitative estimate of drug-likeness (QED) is 0.830. The molecule has 0 bridgehead atoms. The van der Waals surface area contributed by atoms with E-state index in [1.54, 1.807) is 4.90 Å². The van der Waals surface area contributed by atoms with Crippen LogP contribution in [0.2, 0.25) is 0 Å². The summed E-state index contributed by atoms with van der Waals surface area (Å²) in [6, 6.07) is 0.232. The summed E-state index contributed by atoms with van der Waals surface area (Å²) < 4.78 is 45.9. The Morgan fingerprint density at radius 1 is 1.32 bits per heavy atom. The van der Waals surface area contributed by atoms with Crippen molar-refractivity contribution >= 4 is 5.91 Å². The summed E-state index contributed by atoms with van der Waals surface area (Å²) >= 11 is 0. The van der Waals surface area contributed by atoms with E-state index in [0.717, 1.165) is 38.5 Å². The first-order valence-electron chi connectivity index (χ1n) is 8.69. The van der Waals surface area contributed by atoms with E-state index in [2.05, 4.69) is 10.3 Å². The second kappa shape index (κ2) is 5.69. The second-order valence-corrected chi connectivity index (χ2v) is 7.35. The fourth-order valence-corrected chi connectivity index (χ4v) is 3.96. The van der Waals surface area contributed by atoms with Gasteiger partial charge in [0, 0.05) is 19.6 Å². The minimum absolute atomic E-state index is 0.177. The maximum atomic E-state index is 13.1. The lowest BCUT2D eigenvalue weighted by Gasteiger charge is -2.47. The van der Waals surface area contributed by atoms with E-state index in [0.29, 0.717) is 12.6 Å². The molecule has 2 heterocycles. The van der Waals surface area contributed by atoms with Gasteiger partial charge in [0.1, 0.15) is 5.69 Å². The van der Waals surface area contributed by atoms with Gasteiger partial charge in [-0.25, -0.2) is 4.68 Å². The van der Waals surface area contributed by atoms with Gasteiger partial charge < -0.3 is 9.64 Å². The number of likely N-dealkylation sites (tertiary alicyclic amines) is 1. The molecule has 2 saturated carbocycles. The number of alkyl halides is 3. The maximum absolute atomic E-state index is 13.1. The summed E-state index contributed by atoms with van der Waals surface area (Å²) in [7, 11) is 1.06. The highest BCUT2D eigenvalue weighted by atomic mass is 19.4. The molecule has 3 fully saturated rings. The zero-order valence-electron chi connectivity index (χ0n) is 14.0. The molecule has 2 aliphatic carbocycles. The predicted octanol–water partition coefficient (Wildman–Crippen LogP) is 2.63. The number of carbonyl (C=O) groups excluding carboxylic acids is 1. The van der Waals surface area contributed by atoms with E-state index in [1.807, 2.05) is 10.9 Å². The maximum Gasteiger partial charge on any atom is 0.417 e. The van der Waals surface area contributed by atoms with Crippen LogP contribution < -0.4 is 0 Å². The van der Waals surface area contributed by atoms with Crippen LogP contribution in [0.1, 0.15) is 56.3 Å². The van der Waals surface area contributed by atoms with Gasteiger partial charge in [0.05, 0.1) is 18.3 Å². The van der Waals surface area contributed by atoms with Gasteiger partial charge in [-0.15, -0.1) is 5.10 Å². The van der Waals surface area contributed by atoms with Crippen molar-refractivity contribution in [1.82, 2.24) is 19.9 Å². The van der Waals surface area contributed by atoms with Crippen LogP contribution in [0.3, 0.4) is 0 Å². The Balaban J connectivity index is 1.44. The van der Waals surface area contributed by atoms with Gasteiger partial charge in [0.25, 0.3) is 0 Å². The summed E-state index contributed by atoms with van der Waals surface area (Å²) in [6.45, 7) is 0.558. The molecule has 1 saturated heterocycles. The SMILES string of the molecule is COC1(C(F)(F)F)CC(C(=O)N2CCCC2c2cn(C3CC3)nn2)C1. The molecular weight excluding hydrogens is 337 g/mol. The number of hydrogen-bond donors (Lipinski definition) is 0. The normalized spacial score (nSPS) is 32.7. The van der Waals surface area contributed by atoms with Crippen LogP contribution in [-0.4, -0.2) is 51.2 Å². The van der Waals surface area contributed by atoms with Gasteiger partial charge in [-0.3, -0.25) is 4.79 Å². The number of aromatic nitrogens is 3. The first-order chi connectivity index (χ1) is 11.8. The Labute approximate surface area is 143 Å². The van der Waals surface area contributed by atoms with E-state index in [1.165, 1.54) is 0 Å². The molecule has 138 valence electrons. The lowest BCUT2D eigenvalue weighted by atomic mass is 9.69. The Morgan fingerprint density at radius 2 is 2.04 bits per heavy atom. The topological polar surface area (TPSA) is 60.2 Å². The van der Waals surface area contributed by atoms with Crippen LogP contribution in [0.15, 0.2) is 6.20 Å². The fourth-order valence-electron chi connectivity index (χ4n) is 3.96. The molecule has 6 nitrogen and oxygen atoms in total. The molecule has 1 atom stereocenters. The van der Waals surface area contributed by atoms with Gasteiger partial charge in [-0.2, -0.15) is 13.2 Å². The Kier molecular flexibility index (Phi) is 3.82. The molecule has 0 aromatic carbocycles. The third kappa shape index (κ3) is 2.72. The van der Waals surface area contributed by atoms with Crippen molar-refractivity contribution in [2.45, 2.75) is 62.4 Å². The summed E-state index contributed by atoms with van der Waals surface area (Å²) in [5, 5.41) is 8.32. The summed E-state index contributed by atoms with van der Waals surface area (Å²) in [4.78, 5) is 14.4. The molecule has 1 aliphatic heterocycles. The Morgan fingerprint density at radius 3 is 2.64 bits per heavy atom. The number of hydrogen-bond acceptors (Lipinski definition) is 4. The highest BCUT2D eigenvalue weighted by Gasteiger charge is 2.64. The van der Waals surface area contributed by atoms with E-state index in [9.17, 15) is 18.0 Å². The van der Waals surface area contributed by atoms with Crippen LogP contribution in [0, 0.1) is 5.92 Å². The van der Waals surface area contributed by atoms with Crippen molar-refractivity contribution in [2.75, 3.05) is 13.7 Å². The first-order valence-corrected chi connectivity index (χ1v) is 8.69. The van der Waals surface area contributed by atoms with Crippen LogP contribution in [-0.2, 0) is 9.53 Å². The number of halogens is 3. The molecule has 4 rings (SSSR count). The zero-order chi connectivity index (χ0) is 17.8.